The normalized spacial score (nSPS) is 14.7. The van der Waals surface area contributed by atoms with E-state index in [4.69, 9.17) is 0 Å². The summed E-state index contributed by atoms with van der Waals surface area (Å²) < 4.78 is 2.54. The molecule has 0 saturated heterocycles. The van der Waals surface area contributed by atoms with Gasteiger partial charge in [-0.2, -0.15) is 0 Å². The molecule has 73 heavy (non-hydrogen) atoms. The molecule has 2 unspecified atom stereocenters. The summed E-state index contributed by atoms with van der Waals surface area (Å²) >= 11 is 0. The zero-order valence-corrected chi connectivity index (χ0v) is 40.1. The van der Waals surface area contributed by atoms with Gasteiger partial charge >= 0.3 is 0 Å². The lowest BCUT2D eigenvalue weighted by atomic mass is 9.91. The van der Waals surface area contributed by atoms with Crippen molar-refractivity contribution in [2.45, 2.75) is 12.0 Å². The van der Waals surface area contributed by atoms with Crippen molar-refractivity contribution in [1.82, 2.24) is 4.57 Å². The predicted molar refractivity (Wildman–Crippen MR) is 308 cm³/mol. The van der Waals surface area contributed by atoms with E-state index in [-0.39, 0.29) is 12.0 Å². The number of allylic oxidation sites excluding steroid dienone is 2. The topological polar surface area (TPSA) is 11.4 Å². The monoisotopic (exact) mass is 931 g/mol. The number of rotatable bonds is 9. The molecule has 12 aromatic rings. The second kappa shape index (κ2) is 17.8. The standard InChI is InChI=1S/C70H49N3/c1-5-19-48(20-6-1)49-35-39-55(40-36-49)71(57-43-46-67-64(47-57)61-30-15-16-33-66(61)72(67)54-27-11-4-12-28-54)56-41-37-51(38-42-56)58-31-18-32-62-60(58)44-45-63-68(52-22-7-2-8-23-52)69(53-24-9-3-10-25-53)73(70(62)63)65-34-17-26-50-21-13-14-29-59(50)65/h1-47,61,66H. The molecule has 0 spiro atoms. The number of hydrogen-bond acceptors (Lipinski definition) is 2. The Bertz CT molecular complexity index is 4060. The Morgan fingerprint density at radius 1 is 0.356 bits per heavy atom. The molecule has 0 amide bonds. The molecule has 2 heterocycles. The largest absolute Gasteiger partial charge is 0.333 e. The number of para-hydroxylation sites is 1. The minimum Gasteiger partial charge on any atom is -0.333 e. The molecule has 2 atom stereocenters. The summed E-state index contributed by atoms with van der Waals surface area (Å²) in [5.41, 5.74) is 19.0. The number of nitrogens with zero attached hydrogens (tertiary/aromatic N) is 3. The van der Waals surface area contributed by atoms with Crippen molar-refractivity contribution < 1.29 is 0 Å². The lowest BCUT2D eigenvalue weighted by Crippen LogP contribution is -2.28. The van der Waals surface area contributed by atoms with Crippen LogP contribution < -0.4 is 9.80 Å². The van der Waals surface area contributed by atoms with Crippen molar-refractivity contribution in [1.29, 1.82) is 0 Å². The summed E-state index contributed by atoms with van der Waals surface area (Å²) in [6, 6.07) is 95.8. The van der Waals surface area contributed by atoms with Gasteiger partial charge in [-0.15, -0.1) is 0 Å². The van der Waals surface area contributed by atoms with Crippen LogP contribution in [0.4, 0.5) is 28.4 Å². The molecule has 14 rings (SSSR count). The van der Waals surface area contributed by atoms with Crippen LogP contribution >= 0.6 is 0 Å². The van der Waals surface area contributed by atoms with Crippen molar-refractivity contribution in [3.05, 3.63) is 291 Å². The van der Waals surface area contributed by atoms with E-state index >= 15 is 0 Å². The Hall–Kier alpha value is -9.44. The average Bonchev–Trinajstić information content (AvgIpc) is 4.00. The Morgan fingerprint density at radius 2 is 0.918 bits per heavy atom. The van der Waals surface area contributed by atoms with Gasteiger partial charge in [-0.25, -0.2) is 0 Å². The van der Waals surface area contributed by atoms with Gasteiger partial charge in [0.1, 0.15) is 0 Å². The highest BCUT2D eigenvalue weighted by Gasteiger charge is 2.38. The van der Waals surface area contributed by atoms with E-state index in [1.165, 1.54) is 88.5 Å². The number of benzene rings is 11. The second-order valence-corrected chi connectivity index (χ2v) is 19.2. The van der Waals surface area contributed by atoms with Crippen molar-refractivity contribution in [2.75, 3.05) is 9.80 Å². The van der Waals surface area contributed by atoms with Crippen molar-refractivity contribution in [2.24, 2.45) is 0 Å². The van der Waals surface area contributed by atoms with Crippen molar-refractivity contribution >= 4 is 60.9 Å². The first-order chi connectivity index (χ1) is 36.2. The van der Waals surface area contributed by atoms with E-state index in [2.05, 4.69) is 300 Å². The first kappa shape index (κ1) is 42.4. The molecule has 0 saturated carbocycles. The van der Waals surface area contributed by atoms with Gasteiger partial charge in [-0.3, -0.25) is 0 Å². The number of hydrogen-bond donors (Lipinski definition) is 0. The van der Waals surface area contributed by atoms with Crippen LogP contribution in [0.3, 0.4) is 0 Å². The lowest BCUT2D eigenvalue weighted by Gasteiger charge is -2.28. The van der Waals surface area contributed by atoms with E-state index < -0.39 is 0 Å². The third kappa shape index (κ3) is 7.20. The highest BCUT2D eigenvalue weighted by molar-refractivity contribution is 6.19. The highest BCUT2D eigenvalue weighted by Crippen LogP contribution is 2.51. The van der Waals surface area contributed by atoms with Crippen LogP contribution in [0.15, 0.2) is 285 Å². The summed E-state index contributed by atoms with van der Waals surface area (Å²) in [4.78, 5) is 4.92. The maximum atomic E-state index is 2.54. The van der Waals surface area contributed by atoms with E-state index in [1.54, 1.807) is 0 Å². The third-order valence-electron chi connectivity index (χ3n) is 15.1. The molecule has 3 nitrogen and oxygen atoms in total. The summed E-state index contributed by atoms with van der Waals surface area (Å²) in [5, 5.41) is 6.06. The van der Waals surface area contributed by atoms with Crippen LogP contribution in [0.1, 0.15) is 11.5 Å². The molecule has 344 valence electrons. The van der Waals surface area contributed by atoms with Gasteiger partial charge in [0.25, 0.3) is 0 Å². The Morgan fingerprint density at radius 3 is 1.66 bits per heavy atom. The molecule has 2 aliphatic rings. The van der Waals surface area contributed by atoms with Gasteiger partial charge in [0.2, 0.25) is 0 Å². The van der Waals surface area contributed by atoms with Gasteiger partial charge in [0, 0.05) is 56.1 Å². The van der Waals surface area contributed by atoms with Crippen LogP contribution in [-0.2, 0) is 0 Å². The number of aromatic nitrogens is 1. The molecule has 11 aromatic carbocycles. The van der Waals surface area contributed by atoms with E-state index in [1.807, 2.05) is 0 Å². The SMILES string of the molecule is C1=CC2c3cc(N(c4ccc(-c5ccccc5)cc4)c4ccc(-c5cccc6c5ccc5c(-c7ccccc7)c(-c7ccccc7)n(-c7cccc8ccccc78)c56)cc4)ccc3N(c3ccccc3)C2C=C1. The van der Waals surface area contributed by atoms with E-state index in [0.29, 0.717) is 0 Å². The molecule has 0 N–H and O–H groups in total. The molecule has 0 fully saturated rings. The maximum absolute atomic E-state index is 2.54. The average molecular weight is 932 g/mol. The van der Waals surface area contributed by atoms with Crippen LogP contribution in [0.5, 0.6) is 0 Å². The smallest absolute Gasteiger partial charge is 0.0629 e. The molecular formula is C70H49N3. The molecule has 1 aliphatic heterocycles. The van der Waals surface area contributed by atoms with Gasteiger partial charge in [0.05, 0.1) is 22.9 Å². The summed E-state index contributed by atoms with van der Waals surface area (Å²) in [7, 11) is 0. The fraction of sp³-hybridized carbons (Fsp3) is 0.0286. The van der Waals surface area contributed by atoms with Crippen molar-refractivity contribution in [3.63, 3.8) is 0 Å². The Labute approximate surface area is 426 Å². The Kier molecular flexibility index (Phi) is 10.3. The number of fused-ring (bicyclic) bond motifs is 7. The van der Waals surface area contributed by atoms with Gasteiger partial charge in [-0.05, 0) is 110 Å². The molecule has 0 bridgehead atoms. The predicted octanol–water partition coefficient (Wildman–Crippen LogP) is 18.8. The minimum atomic E-state index is 0.210. The molecule has 1 aliphatic carbocycles. The Balaban J connectivity index is 0.933. The van der Waals surface area contributed by atoms with Gasteiger partial charge in [-0.1, -0.05) is 224 Å². The third-order valence-corrected chi connectivity index (χ3v) is 15.1. The van der Waals surface area contributed by atoms with Crippen LogP contribution in [0, 0.1) is 0 Å². The van der Waals surface area contributed by atoms with E-state index in [0.717, 1.165) is 28.3 Å². The maximum Gasteiger partial charge on any atom is 0.0629 e. The number of anilines is 5. The van der Waals surface area contributed by atoms with Crippen LogP contribution in [0.25, 0.3) is 82.8 Å². The summed E-state index contributed by atoms with van der Waals surface area (Å²) in [6.45, 7) is 0. The van der Waals surface area contributed by atoms with Gasteiger partial charge in [0.15, 0.2) is 0 Å². The molecule has 0 radical (unpaired) electrons. The van der Waals surface area contributed by atoms with Crippen LogP contribution in [0.2, 0.25) is 0 Å². The summed E-state index contributed by atoms with van der Waals surface area (Å²) in [6.07, 6.45) is 9.11. The fourth-order valence-corrected chi connectivity index (χ4v) is 11.8. The zero-order valence-electron chi connectivity index (χ0n) is 40.1. The quantitative estimate of drug-likeness (QED) is 0.143. The summed E-state index contributed by atoms with van der Waals surface area (Å²) in [5.74, 6) is 0.233. The first-order valence-electron chi connectivity index (χ1n) is 25.3. The van der Waals surface area contributed by atoms with Crippen molar-refractivity contribution in [3.8, 4) is 50.3 Å². The molecule has 3 heteroatoms. The first-order valence-corrected chi connectivity index (χ1v) is 25.3. The zero-order chi connectivity index (χ0) is 48.2. The van der Waals surface area contributed by atoms with Crippen LogP contribution in [-0.4, -0.2) is 10.6 Å². The highest BCUT2D eigenvalue weighted by atomic mass is 15.2. The van der Waals surface area contributed by atoms with E-state index in [9.17, 15) is 0 Å². The molecular weight excluding hydrogens is 883 g/mol. The molecule has 1 aromatic heterocycles. The lowest BCUT2D eigenvalue weighted by molar-refractivity contribution is 0.745. The fourth-order valence-electron chi connectivity index (χ4n) is 11.8. The minimum absolute atomic E-state index is 0.210. The van der Waals surface area contributed by atoms with Gasteiger partial charge < -0.3 is 14.4 Å². The second-order valence-electron chi connectivity index (χ2n) is 19.2.